The van der Waals surface area contributed by atoms with Gasteiger partial charge in [-0.1, -0.05) is 37.0 Å². The number of carbonyl (C=O) groups is 1. The summed E-state index contributed by atoms with van der Waals surface area (Å²) >= 11 is 0. The van der Waals surface area contributed by atoms with Crippen LogP contribution in [0.25, 0.3) is 0 Å². The largest absolute Gasteiger partial charge is 0.339 e. The third-order valence-corrected chi connectivity index (χ3v) is 3.41. The number of benzene rings is 1. The van der Waals surface area contributed by atoms with E-state index in [0.29, 0.717) is 0 Å². The Hall–Kier alpha value is -1.31. The van der Waals surface area contributed by atoms with E-state index in [1.807, 2.05) is 36.1 Å². The van der Waals surface area contributed by atoms with Gasteiger partial charge >= 0.3 is 0 Å². The number of hydrogen-bond acceptors (Lipinski definition) is 1. The van der Waals surface area contributed by atoms with Gasteiger partial charge in [0, 0.05) is 18.7 Å². The van der Waals surface area contributed by atoms with E-state index in [0.717, 1.165) is 37.1 Å². The predicted octanol–water partition coefficient (Wildman–Crippen LogP) is 3.40. The van der Waals surface area contributed by atoms with Crippen molar-refractivity contribution in [3.63, 3.8) is 0 Å². The maximum Gasteiger partial charge on any atom is 0.253 e. The van der Waals surface area contributed by atoms with E-state index < -0.39 is 0 Å². The first kappa shape index (κ1) is 12.2. The normalized spacial score (nSPS) is 17.4. The van der Waals surface area contributed by atoms with Crippen molar-refractivity contribution in [1.82, 2.24) is 4.90 Å². The highest BCUT2D eigenvalue weighted by atomic mass is 16.2. The molecule has 2 rings (SSSR count). The van der Waals surface area contributed by atoms with Gasteiger partial charge in [-0.15, -0.1) is 0 Å². The van der Waals surface area contributed by atoms with Crippen molar-refractivity contribution in [2.24, 2.45) is 0 Å². The molecule has 0 atom stereocenters. The van der Waals surface area contributed by atoms with Gasteiger partial charge in [-0.25, -0.2) is 0 Å². The Morgan fingerprint density at radius 3 is 2.35 bits per heavy atom. The lowest BCUT2D eigenvalue weighted by molar-refractivity contribution is 0.0742. The first-order valence-corrected chi connectivity index (χ1v) is 6.63. The number of hydrogen-bond donors (Lipinski definition) is 0. The summed E-state index contributed by atoms with van der Waals surface area (Å²) in [5, 5.41) is 0. The minimum Gasteiger partial charge on any atom is -0.339 e. The maximum atomic E-state index is 12.3. The first-order valence-electron chi connectivity index (χ1n) is 6.63. The van der Waals surface area contributed by atoms with Gasteiger partial charge < -0.3 is 4.90 Å². The van der Waals surface area contributed by atoms with E-state index in [4.69, 9.17) is 0 Å². The molecular formula is C15H21NO. The van der Waals surface area contributed by atoms with Crippen molar-refractivity contribution in [2.45, 2.75) is 39.0 Å². The topological polar surface area (TPSA) is 20.3 Å². The van der Waals surface area contributed by atoms with Crippen LogP contribution in [0, 0.1) is 6.92 Å². The highest BCUT2D eigenvalue weighted by Crippen LogP contribution is 2.14. The first-order chi connectivity index (χ1) is 8.27. The van der Waals surface area contributed by atoms with Crippen molar-refractivity contribution in [3.05, 3.63) is 35.4 Å². The molecule has 1 aliphatic rings. The molecule has 0 unspecified atom stereocenters. The predicted molar refractivity (Wildman–Crippen MR) is 70.2 cm³/mol. The number of rotatable bonds is 1. The van der Waals surface area contributed by atoms with Crippen molar-refractivity contribution in [1.29, 1.82) is 0 Å². The van der Waals surface area contributed by atoms with Gasteiger partial charge in [-0.3, -0.25) is 4.79 Å². The van der Waals surface area contributed by atoms with Crippen LogP contribution in [0.5, 0.6) is 0 Å². The molecule has 1 aromatic carbocycles. The second kappa shape index (κ2) is 5.85. The van der Waals surface area contributed by atoms with E-state index in [9.17, 15) is 4.79 Å². The van der Waals surface area contributed by atoms with Crippen molar-refractivity contribution in [3.8, 4) is 0 Å². The molecule has 0 aliphatic carbocycles. The Morgan fingerprint density at radius 1 is 1.06 bits per heavy atom. The molecule has 2 heteroatoms. The van der Waals surface area contributed by atoms with Gasteiger partial charge in [0.05, 0.1) is 0 Å². The van der Waals surface area contributed by atoms with Crippen LogP contribution in [0.1, 0.15) is 48.0 Å². The Bertz CT molecular complexity index is 378. The monoisotopic (exact) mass is 231 g/mol. The Kier molecular flexibility index (Phi) is 4.18. The third kappa shape index (κ3) is 3.32. The molecule has 0 radical (unpaired) electrons. The van der Waals surface area contributed by atoms with Crippen LogP contribution < -0.4 is 0 Å². The molecule has 1 fully saturated rings. The van der Waals surface area contributed by atoms with E-state index in [-0.39, 0.29) is 5.91 Å². The highest BCUT2D eigenvalue weighted by molar-refractivity contribution is 5.94. The summed E-state index contributed by atoms with van der Waals surface area (Å²) in [4.78, 5) is 14.4. The summed E-state index contributed by atoms with van der Waals surface area (Å²) in [6.07, 6.45) is 6.15. The molecule has 17 heavy (non-hydrogen) atoms. The fourth-order valence-corrected chi connectivity index (χ4v) is 2.41. The molecule has 1 aromatic rings. The molecule has 0 bridgehead atoms. The lowest BCUT2D eigenvalue weighted by Gasteiger charge is -2.25. The van der Waals surface area contributed by atoms with Crippen molar-refractivity contribution in [2.75, 3.05) is 13.1 Å². The summed E-state index contributed by atoms with van der Waals surface area (Å²) in [5.41, 5.74) is 1.99. The number of carbonyl (C=O) groups excluding carboxylic acids is 1. The smallest absolute Gasteiger partial charge is 0.253 e. The van der Waals surface area contributed by atoms with Gasteiger partial charge in [-0.05, 0) is 31.9 Å². The second-order valence-corrected chi connectivity index (χ2v) is 4.93. The summed E-state index contributed by atoms with van der Waals surface area (Å²) < 4.78 is 0. The molecule has 0 N–H and O–H groups in total. The zero-order valence-electron chi connectivity index (χ0n) is 10.6. The van der Waals surface area contributed by atoms with Crippen molar-refractivity contribution < 1.29 is 4.79 Å². The van der Waals surface area contributed by atoms with Crippen molar-refractivity contribution >= 4 is 5.91 Å². The number of likely N-dealkylation sites (tertiary alicyclic amines) is 1. The van der Waals surface area contributed by atoms with Crippen LogP contribution in [0.3, 0.4) is 0 Å². The molecule has 0 spiro atoms. The summed E-state index contributed by atoms with van der Waals surface area (Å²) in [6, 6.07) is 7.91. The van der Waals surface area contributed by atoms with E-state index >= 15 is 0 Å². The van der Waals surface area contributed by atoms with Crippen LogP contribution in [-0.4, -0.2) is 23.9 Å². The number of aryl methyl sites for hydroxylation is 1. The van der Waals surface area contributed by atoms with Gasteiger partial charge in [-0.2, -0.15) is 0 Å². The molecule has 1 heterocycles. The molecular weight excluding hydrogens is 210 g/mol. The molecule has 92 valence electrons. The van der Waals surface area contributed by atoms with E-state index in [2.05, 4.69) is 0 Å². The summed E-state index contributed by atoms with van der Waals surface area (Å²) in [6.45, 7) is 3.88. The zero-order chi connectivity index (χ0) is 12.1. The van der Waals surface area contributed by atoms with Gasteiger partial charge in [0.15, 0.2) is 0 Å². The van der Waals surface area contributed by atoms with Gasteiger partial charge in [0.2, 0.25) is 0 Å². The lowest BCUT2D eigenvalue weighted by Crippen LogP contribution is -2.33. The Morgan fingerprint density at radius 2 is 1.71 bits per heavy atom. The fraction of sp³-hybridized carbons (Fsp3) is 0.533. The molecule has 0 saturated carbocycles. The highest BCUT2D eigenvalue weighted by Gasteiger charge is 2.16. The van der Waals surface area contributed by atoms with Crippen LogP contribution >= 0.6 is 0 Å². The maximum absolute atomic E-state index is 12.3. The molecule has 1 aliphatic heterocycles. The van der Waals surface area contributed by atoms with Gasteiger partial charge in [0.25, 0.3) is 5.91 Å². The zero-order valence-corrected chi connectivity index (χ0v) is 10.6. The van der Waals surface area contributed by atoms with Crippen LogP contribution in [-0.2, 0) is 0 Å². The molecule has 2 nitrogen and oxygen atoms in total. The molecule has 1 saturated heterocycles. The summed E-state index contributed by atoms with van der Waals surface area (Å²) in [5.74, 6) is 0.204. The van der Waals surface area contributed by atoms with E-state index in [1.54, 1.807) is 0 Å². The standard InChI is InChI=1S/C15H21NO/c1-13-8-7-9-14(12-13)15(17)16-10-5-3-2-4-6-11-16/h7-9,12H,2-6,10-11H2,1H3. The number of nitrogens with zero attached hydrogens (tertiary/aromatic N) is 1. The van der Waals surface area contributed by atoms with Crippen LogP contribution in [0.4, 0.5) is 0 Å². The fourth-order valence-electron chi connectivity index (χ4n) is 2.41. The number of amides is 1. The van der Waals surface area contributed by atoms with Crippen LogP contribution in [0.2, 0.25) is 0 Å². The average molecular weight is 231 g/mol. The van der Waals surface area contributed by atoms with E-state index in [1.165, 1.54) is 19.3 Å². The molecule has 0 aromatic heterocycles. The lowest BCUT2D eigenvalue weighted by atomic mass is 10.1. The summed E-state index contributed by atoms with van der Waals surface area (Å²) in [7, 11) is 0. The van der Waals surface area contributed by atoms with Gasteiger partial charge in [0.1, 0.15) is 0 Å². The Labute approximate surface area is 104 Å². The average Bonchev–Trinajstić information content (AvgIpc) is 2.28. The quantitative estimate of drug-likeness (QED) is 0.725. The minimum atomic E-state index is 0.204. The SMILES string of the molecule is Cc1cccc(C(=O)N2CCCCCCC2)c1. The second-order valence-electron chi connectivity index (χ2n) is 4.93. The minimum absolute atomic E-state index is 0.204. The third-order valence-electron chi connectivity index (χ3n) is 3.41. The van der Waals surface area contributed by atoms with Crippen LogP contribution in [0.15, 0.2) is 24.3 Å². The molecule has 1 amide bonds. The Balaban J connectivity index is 2.07.